The third kappa shape index (κ3) is 3.69. The Balaban J connectivity index is 1.49. The molecule has 0 spiro atoms. The van der Waals surface area contributed by atoms with Crippen LogP contribution in [0.3, 0.4) is 0 Å². The van der Waals surface area contributed by atoms with Gasteiger partial charge in [-0.3, -0.25) is 9.10 Å². The Kier molecular flexibility index (Phi) is 4.86. The van der Waals surface area contributed by atoms with Crippen molar-refractivity contribution in [3.63, 3.8) is 0 Å². The number of halogens is 1. The molecule has 1 aliphatic carbocycles. The molecule has 1 N–H and O–H groups in total. The number of nitrogens with zero attached hydrogens (tertiary/aromatic N) is 1. The Morgan fingerprint density at radius 1 is 1.22 bits per heavy atom. The molecule has 1 atom stereocenters. The zero-order chi connectivity index (χ0) is 19.0. The molecule has 1 amide bonds. The Hall–Kier alpha value is -2.05. The molecule has 4 rings (SSSR count). The third-order valence-corrected chi connectivity index (χ3v) is 7.50. The van der Waals surface area contributed by atoms with Crippen LogP contribution in [0.25, 0.3) is 0 Å². The number of hydrogen-bond acceptors (Lipinski definition) is 3. The maximum Gasteiger partial charge on any atom is 0.235 e. The summed E-state index contributed by atoms with van der Waals surface area (Å²) in [5.74, 6) is 0.250. The number of aryl methyl sites for hydroxylation is 1. The molecule has 142 valence electrons. The molecular weight excluding hydrogens is 384 g/mol. The van der Waals surface area contributed by atoms with Crippen molar-refractivity contribution in [3.05, 3.63) is 58.6 Å². The molecule has 0 bridgehead atoms. The Bertz CT molecular complexity index is 990. The van der Waals surface area contributed by atoms with Crippen molar-refractivity contribution in [2.24, 2.45) is 0 Å². The van der Waals surface area contributed by atoms with Crippen LogP contribution >= 0.6 is 11.6 Å². The van der Waals surface area contributed by atoms with Gasteiger partial charge in [0.15, 0.2) is 0 Å². The minimum Gasteiger partial charge on any atom is -0.325 e. The second-order valence-corrected chi connectivity index (χ2v) is 9.51. The second kappa shape index (κ2) is 7.17. The lowest BCUT2D eigenvalue weighted by atomic mass is 9.97. The van der Waals surface area contributed by atoms with Crippen LogP contribution in [-0.4, -0.2) is 26.6 Å². The minimum absolute atomic E-state index is 0.111. The van der Waals surface area contributed by atoms with Crippen LogP contribution in [0.15, 0.2) is 42.5 Å². The average molecular weight is 405 g/mol. The van der Waals surface area contributed by atoms with E-state index in [4.69, 9.17) is 11.6 Å². The van der Waals surface area contributed by atoms with Gasteiger partial charge in [0.1, 0.15) is 0 Å². The van der Waals surface area contributed by atoms with Crippen molar-refractivity contribution < 1.29 is 13.2 Å². The van der Waals surface area contributed by atoms with Gasteiger partial charge in [-0.15, -0.1) is 0 Å². The maximum atomic E-state index is 12.6. The van der Waals surface area contributed by atoms with Crippen molar-refractivity contribution in [1.82, 2.24) is 0 Å². The SMILES string of the molecule is O=C(CC1CCc2ccccc21)Nc1cc(N2CCCS2(=O)=O)ccc1Cl. The maximum absolute atomic E-state index is 12.6. The zero-order valence-corrected chi connectivity index (χ0v) is 16.4. The summed E-state index contributed by atoms with van der Waals surface area (Å²) in [5.41, 5.74) is 3.55. The fourth-order valence-electron chi connectivity index (χ4n) is 3.98. The molecule has 5 nitrogen and oxygen atoms in total. The summed E-state index contributed by atoms with van der Waals surface area (Å²) in [6, 6.07) is 13.2. The predicted octanol–water partition coefficient (Wildman–Crippen LogP) is 3.94. The minimum atomic E-state index is -3.27. The first-order valence-electron chi connectivity index (χ1n) is 9.12. The predicted molar refractivity (Wildman–Crippen MR) is 108 cm³/mol. The summed E-state index contributed by atoms with van der Waals surface area (Å²) >= 11 is 6.23. The van der Waals surface area contributed by atoms with Crippen molar-refractivity contribution in [3.8, 4) is 0 Å². The number of nitrogens with one attached hydrogen (secondary N) is 1. The van der Waals surface area contributed by atoms with Crippen LogP contribution in [0, 0.1) is 0 Å². The molecule has 2 aromatic rings. The molecular formula is C20H21ClN2O3S. The summed E-state index contributed by atoms with van der Waals surface area (Å²) in [5, 5.41) is 3.27. The third-order valence-electron chi connectivity index (χ3n) is 5.30. The number of benzene rings is 2. The van der Waals surface area contributed by atoms with Crippen LogP contribution < -0.4 is 9.62 Å². The smallest absolute Gasteiger partial charge is 0.235 e. The first kappa shape index (κ1) is 18.3. The Morgan fingerprint density at radius 2 is 2.04 bits per heavy atom. The molecule has 1 heterocycles. The number of anilines is 2. The summed E-state index contributed by atoms with van der Waals surface area (Å²) in [7, 11) is -3.27. The van der Waals surface area contributed by atoms with Gasteiger partial charge in [0.2, 0.25) is 15.9 Å². The van der Waals surface area contributed by atoms with Crippen LogP contribution in [0.4, 0.5) is 11.4 Å². The number of sulfonamides is 1. The lowest BCUT2D eigenvalue weighted by Crippen LogP contribution is -2.25. The van der Waals surface area contributed by atoms with E-state index >= 15 is 0 Å². The van der Waals surface area contributed by atoms with Gasteiger partial charge >= 0.3 is 0 Å². The molecule has 7 heteroatoms. The van der Waals surface area contributed by atoms with Gasteiger partial charge in [0, 0.05) is 13.0 Å². The number of amides is 1. The van der Waals surface area contributed by atoms with E-state index in [2.05, 4.69) is 17.4 Å². The van der Waals surface area contributed by atoms with Crippen molar-refractivity contribution in [1.29, 1.82) is 0 Å². The van der Waals surface area contributed by atoms with Crippen molar-refractivity contribution >= 4 is 38.9 Å². The average Bonchev–Trinajstić information content (AvgIpc) is 3.20. The summed E-state index contributed by atoms with van der Waals surface area (Å²) in [6.07, 6.45) is 2.96. The largest absolute Gasteiger partial charge is 0.325 e. The van der Waals surface area contributed by atoms with Gasteiger partial charge < -0.3 is 5.32 Å². The number of hydrogen-bond donors (Lipinski definition) is 1. The molecule has 0 aromatic heterocycles. The van der Waals surface area contributed by atoms with E-state index in [1.807, 2.05) is 12.1 Å². The molecule has 0 radical (unpaired) electrons. The van der Waals surface area contributed by atoms with Crippen LogP contribution in [-0.2, 0) is 21.2 Å². The highest BCUT2D eigenvalue weighted by atomic mass is 35.5. The lowest BCUT2D eigenvalue weighted by molar-refractivity contribution is -0.116. The zero-order valence-electron chi connectivity index (χ0n) is 14.8. The van der Waals surface area contributed by atoms with Gasteiger partial charge in [0.25, 0.3) is 0 Å². The lowest BCUT2D eigenvalue weighted by Gasteiger charge is -2.19. The highest BCUT2D eigenvalue weighted by Crippen LogP contribution is 2.36. The molecule has 1 fully saturated rings. The first-order chi connectivity index (χ1) is 12.9. The number of carbonyl (C=O) groups excluding carboxylic acids is 1. The van der Waals surface area contributed by atoms with Crippen LogP contribution in [0.1, 0.15) is 36.3 Å². The highest BCUT2D eigenvalue weighted by Gasteiger charge is 2.29. The number of carbonyl (C=O) groups is 1. The Labute approximate surface area is 164 Å². The van der Waals surface area contributed by atoms with Crippen molar-refractivity contribution in [2.45, 2.75) is 31.6 Å². The second-order valence-electron chi connectivity index (χ2n) is 7.09. The van der Waals surface area contributed by atoms with Crippen LogP contribution in [0.5, 0.6) is 0 Å². The Morgan fingerprint density at radius 3 is 2.81 bits per heavy atom. The van der Waals surface area contributed by atoms with Crippen LogP contribution in [0.2, 0.25) is 5.02 Å². The van der Waals surface area contributed by atoms with Gasteiger partial charge in [-0.05, 0) is 54.5 Å². The number of rotatable bonds is 4. The molecule has 1 aliphatic heterocycles. The van der Waals surface area contributed by atoms with E-state index in [1.165, 1.54) is 15.4 Å². The van der Waals surface area contributed by atoms with Gasteiger partial charge in [-0.1, -0.05) is 35.9 Å². The molecule has 2 aliphatic rings. The fraction of sp³-hybridized carbons (Fsp3) is 0.350. The standard InChI is InChI=1S/C20H21ClN2O3S/c21-18-9-8-16(23-10-3-11-27(23,25)26)13-19(18)22-20(24)12-15-7-6-14-4-1-2-5-17(14)15/h1-2,4-5,8-9,13,15H,3,6-7,10-12H2,(H,22,24). The molecule has 0 saturated carbocycles. The normalized spacial score (nSPS) is 20.5. The van der Waals surface area contributed by atoms with Gasteiger partial charge in [-0.25, -0.2) is 8.42 Å². The van der Waals surface area contributed by atoms with E-state index in [-0.39, 0.29) is 17.6 Å². The van der Waals surface area contributed by atoms with Crippen molar-refractivity contribution in [2.75, 3.05) is 21.9 Å². The summed E-state index contributed by atoms with van der Waals surface area (Å²) in [4.78, 5) is 12.6. The van der Waals surface area contributed by atoms with Gasteiger partial charge in [0.05, 0.1) is 22.2 Å². The monoisotopic (exact) mass is 404 g/mol. The van der Waals surface area contributed by atoms with Gasteiger partial charge in [-0.2, -0.15) is 0 Å². The molecule has 27 heavy (non-hydrogen) atoms. The topological polar surface area (TPSA) is 66.5 Å². The van der Waals surface area contributed by atoms with E-state index in [0.717, 1.165) is 12.8 Å². The first-order valence-corrected chi connectivity index (χ1v) is 11.1. The molecule has 1 unspecified atom stereocenters. The summed E-state index contributed by atoms with van der Waals surface area (Å²) < 4.78 is 25.6. The van der Waals surface area contributed by atoms with E-state index < -0.39 is 10.0 Å². The van der Waals surface area contributed by atoms with E-state index in [9.17, 15) is 13.2 Å². The highest BCUT2D eigenvalue weighted by molar-refractivity contribution is 7.93. The van der Waals surface area contributed by atoms with E-state index in [0.29, 0.717) is 35.8 Å². The quantitative estimate of drug-likeness (QED) is 0.839. The number of fused-ring (bicyclic) bond motifs is 1. The summed E-state index contributed by atoms with van der Waals surface area (Å²) in [6.45, 7) is 0.455. The molecule has 2 aromatic carbocycles. The molecule has 1 saturated heterocycles. The van der Waals surface area contributed by atoms with E-state index in [1.54, 1.807) is 18.2 Å². The fourth-order valence-corrected chi connectivity index (χ4v) is 5.70.